The van der Waals surface area contributed by atoms with E-state index >= 15 is 0 Å². The Morgan fingerprint density at radius 2 is 1.58 bits per heavy atom. The number of benzene rings is 3. The van der Waals surface area contributed by atoms with Crippen LogP contribution in [-0.4, -0.2) is 36.2 Å². The van der Waals surface area contributed by atoms with E-state index in [-0.39, 0.29) is 0 Å². The van der Waals surface area contributed by atoms with E-state index in [1.807, 2.05) is 12.1 Å². The van der Waals surface area contributed by atoms with Gasteiger partial charge in [-0.15, -0.1) is 0 Å². The Morgan fingerprint density at radius 1 is 0.839 bits per heavy atom. The number of phenolic OH excluding ortho intramolecular Hbond substituents is 1. The van der Waals surface area contributed by atoms with Crippen molar-refractivity contribution in [1.29, 1.82) is 0 Å². The molecule has 3 aromatic carbocycles. The molecule has 160 valence electrons. The van der Waals surface area contributed by atoms with Crippen LogP contribution in [0.3, 0.4) is 0 Å². The molecule has 0 fully saturated rings. The number of allylic oxidation sites excluding steroid dienone is 1. The largest absolute Gasteiger partial charge is 0.508 e. The van der Waals surface area contributed by atoms with E-state index in [0.717, 1.165) is 43.8 Å². The normalized spacial score (nSPS) is 13.4. The van der Waals surface area contributed by atoms with E-state index in [2.05, 4.69) is 67.3 Å². The minimum atomic E-state index is 0.290. The van der Waals surface area contributed by atoms with Crippen LogP contribution in [0.25, 0.3) is 11.1 Å². The number of rotatable bonds is 8. The third-order valence-electron chi connectivity index (χ3n) is 6.14. The minimum absolute atomic E-state index is 0.290. The summed E-state index contributed by atoms with van der Waals surface area (Å²) in [5.74, 6) is 1.23. The fraction of sp³-hybridized carbons (Fsp3) is 0.286. The summed E-state index contributed by atoms with van der Waals surface area (Å²) in [5, 5.41) is 9.79. The van der Waals surface area contributed by atoms with Gasteiger partial charge in [-0.3, -0.25) is 0 Å². The second-order valence-electron chi connectivity index (χ2n) is 7.96. The topological polar surface area (TPSA) is 32.7 Å². The van der Waals surface area contributed by atoms with Crippen LogP contribution in [0.1, 0.15) is 42.5 Å². The van der Waals surface area contributed by atoms with Gasteiger partial charge in [-0.2, -0.15) is 0 Å². The Bertz CT molecular complexity index is 1030. The third-order valence-corrected chi connectivity index (χ3v) is 6.14. The minimum Gasteiger partial charge on any atom is -0.508 e. The smallest absolute Gasteiger partial charge is 0.119 e. The van der Waals surface area contributed by atoms with E-state index in [9.17, 15) is 5.11 Å². The zero-order valence-corrected chi connectivity index (χ0v) is 18.5. The van der Waals surface area contributed by atoms with Gasteiger partial charge in [-0.1, -0.05) is 62.4 Å². The first kappa shape index (κ1) is 21.2. The maximum Gasteiger partial charge on any atom is 0.119 e. The zero-order valence-electron chi connectivity index (χ0n) is 18.5. The zero-order chi connectivity index (χ0) is 21.6. The number of aromatic hydroxyl groups is 1. The first-order valence-electron chi connectivity index (χ1n) is 11.3. The molecule has 0 spiro atoms. The lowest BCUT2D eigenvalue weighted by atomic mass is 9.79. The van der Waals surface area contributed by atoms with Crippen molar-refractivity contribution in [3.63, 3.8) is 0 Å². The summed E-state index contributed by atoms with van der Waals surface area (Å²) in [5.41, 5.74) is 7.58. The summed E-state index contributed by atoms with van der Waals surface area (Å²) in [6.45, 7) is 8.12. The fourth-order valence-electron chi connectivity index (χ4n) is 4.38. The van der Waals surface area contributed by atoms with Gasteiger partial charge in [0, 0.05) is 6.54 Å². The average molecular weight is 414 g/mol. The Kier molecular flexibility index (Phi) is 6.73. The second kappa shape index (κ2) is 9.84. The summed E-state index contributed by atoms with van der Waals surface area (Å²) in [4.78, 5) is 2.37. The predicted molar refractivity (Wildman–Crippen MR) is 129 cm³/mol. The maximum atomic E-state index is 9.79. The molecule has 1 aliphatic rings. The first-order chi connectivity index (χ1) is 15.2. The standard InChI is InChI=1S/C28H31NO2/c1-3-29(4-2)18-19-31-25-15-17-27-23(20-25)12-16-26(21-8-6-5-7-9-21)28(27)22-10-13-24(30)14-11-22/h5-11,13-15,17,20,30H,3-4,12,16,18-19H2,1-2H3. The van der Waals surface area contributed by atoms with Crippen molar-refractivity contribution >= 4 is 11.1 Å². The Hall–Kier alpha value is -3.04. The van der Waals surface area contributed by atoms with Crippen LogP contribution in [0, 0.1) is 0 Å². The molecule has 0 saturated carbocycles. The molecule has 1 aliphatic carbocycles. The maximum absolute atomic E-state index is 9.79. The second-order valence-corrected chi connectivity index (χ2v) is 7.96. The summed E-state index contributed by atoms with van der Waals surface area (Å²) < 4.78 is 6.08. The van der Waals surface area contributed by atoms with Gasteiger partial charge in [0.25, 0.3) is 0 Å². The van der Waals surface area contributed by atoms with Crippen LogP contribution < -0.4 is 4.74 Å². The molecule has 0 atom stereocenters. The summed E-state index contributed by atoms with van der Waals surface area (Å²) in [6.07, 6.45) is 1.98. The van der Waals surface area contributed by atoms with Crippen LogP contribution >= 0.6 is 0 Å². The van der Waals surface area contributed by atoms with Gasteiger partial charge in [0.15, 0.2) is 0 Å². The van der Waals surface area contributed by atoms with Gasteiger partial charge >= 0.3 is 0 Å². The Balaban J connectivity index is 1.68. The molecule has 1 N–H and O–H groups in total. The highest BCUT2D eigenvalue weighted by molar-refractivity contribution is 6.00. The number of nitrogens with zero attached hydrogens (tertiary/aromatic N) is 1. The lowest BCUT2D eigenvalue weighted by Gasteiger charge is -2.25. The van der Waals surface area contributed by atoms with Crippen molar-refractivity contribution in [3.05, 3.63) is 95.1 Å². The number of aryl methyl sites for hydroxylation is 1. The highest BCUT2D eigenvalue weighted by Gasteiger charge is 2.22. The number of fused-ring (bicyclic) bond motifs is 1. The molecule has 3 aromatic rings. The molecule has 0 bridgehead atoms. The van der Waals surface area contributed by atoms with E-state index in [4.69, 9.17) is 4.74 Å². The molecule has 0 aromatic heterocycles. The van der Waals surface area contributed by atoms with Crippen molar-refractivity contribution in [2.75, 3.05) is 26.2 Å². The van der Waals surface area contributed by atoms with Crippen molar-refractivity contribution < 1.29 is 9.84 Å². The molecule has 31 heavy (non-hydrogen) atoms. The summed E-state index contributed by atoms with van der Waals surface area (Å²) >= 11 is 0. The molecule has 0 saturated heterocycles. The first-order valence-corrected chi connectivity index (χ1v) is 11.3. The van der Waals surface area contributed by atoms with Crippen molar-refractivity contribution in [3.8, 4) is 11.5 Å². The molecule has 3 nitrogen and oxygen atoms in total. The number of hydrogen-bond acceptors (Lipinski definition) is 3. The van der Waals surface area contributed by atoms with E-state index in [1.54, 1.807) is 12.1 Å². The molecular weight excluding hydrogens is 382 g/mol. The van der Waals surface area contributed by atoms with Crippen LogP contribution in [0.5, 0.6) is 11.5 Å². The molecule has 3 heteroatoms. The highest BCUT2D eigenvalue weighted by Crippen LogP contribution is 2.42. The molecular formula is C28H31NO2. The molecule has 0 heterocycles. The van der Waals surface area contributed by atoms with E-state index < -0.39 is 0 Å². The van der Waals surface area contributed by atoms with Gasteiger partial charge in [0.1, 0.15) is 18.1 Å². The monoisotopic (exact) mass is 413 g/mol. The Labute approximate surface area is 185 Å². The van der Waals surface area contributed by atoms with Gasteiger partial charge in [-0.25, -0.2) is 0 Å². The molecule has 0 amide bonds. The lowest BCUT2D eigenvalue weighted by molar-refractivity contribution is 0.222. The van der Waals surface area contributed by atoms with Crippen molar-refractivity contribution in [2.45, 2.75) is 26.7 Å². The van der Waals surface area contributed by atoms with Crippen LogP contribution in [0.4, 0.5) is 0 Å². The third kappa shape index (κ3) is 4.83. The van der Waals surface area contributed by atoms with Gasteiger partial charge < -0.3 is 14.7 Å². The SMILES string of the molecule is CCN(CC)CCOc1ccc2c(c1)CCC(c1ccccc1)=C2c1ccc(O)cc1. The summed E-state index contributed by atoms with van der Waals surface area (Å²) in [6, 6.07) is 24.7. The quantitative estimate of drug-likeness (QED) is 0.490. The van der Waals surface area contributed by atoms with E-state index in [1.165, 1.54) is 27.8 Å². The highest BCUT2D eigenvalue weighted by atomic mass is 16.5. The lowest BCUT2D eigenvalue weighted by Crippen LogP contribution is -2.27. The number of ether oxygens (including phenoxy) is 1. The van der Waals surface area contributed by atoms with Crippen LogP contribution in [0.2, 0.25) is 0 Å². The number of hydrogen-bond donors (Lipinski definition) is 1. The number of phenols is 1. The van der Waals surface area contributed by atoms with Gasteiger partial charge in [-0.05, 0) is 83.6 Å². The van der Waals surface area contributed by atoms with Crippen molar-refractivity contribution in [1.82, 2.24) is 4.90 Å². The molecule has 0 unspecified atom stereocenters. The van der Waals surface area contributed by atoms with Crippen molar-refractivity contribution in [2.24, 2.45) is 0 Å². The van der Waals surface area contributed by atoms with Gasteiger partial charge in [0.2, 0.25) is 0 Å². The van der Waals surface area contributed by atoms with Gasteiger partial charge in [0.05, 0.1) is 0 Å². The summed E-state index contributed by atoms with van der Waals surface area (Å²) in [7, 11) is 0. The Morgan fingerprint density at radius 3 is 2.29 bits per heavy atom. The molecule has 4 rings (SSSR count). The molecule has 0 aliphatic heterocycles. The molecule has 0 radical (unpaired) electrons. The van der Waals surface area contributed by atoms with Crippen LogP contribution in [0.15, 0.2) is 72.8 Å². The fourth-order valence-corrected chi connectivity index (χ4v) is 4.38. The van der Waals surface area contributed by atoms with Crippen LogP contribution in [-0.2, 0) is 6.42 Å². The van der Waals surface area contributed by atoms with E-state index in [0.29, 0.717) is 12.4 Å². The number of likely N-dealkylation sites (N-methyl/N-ethyl adjacent to an activating group) is 1. The predicted octanol–water partition coefficient (Wildman–Crippen LogP) is 6.02. The average Bonchev–Trinajstić information content (AvgIpc) is 2.82.